The Bertz CT molecular complexity index is 741. The second kappa shape index (κ2) is 3.93. The Kier molecular flexibility index (Phi) is 2.25. The molecule has 0 N–H and O–H groups in total. The van der Waals surface area contributed by atoms with E-state index in [0.29, 0.717) is 0 Å². The molecule has 1 aliphatic rings. The van der Waals surface area contributed by atoms with Gasteiger partial charge in [-0.2, -0.15) is 0 Å². The summed E-state index contributed by atoms with van der Waals surface area (Å²) in [5.74, 6) is 0. The van der Waals surface area contributed by atoms with Gasteiger partial charge in [0.05, 0.1) is 20.1 Å². The smallest absolute Gasteiger partial charge is 0.229 e. The number of benzene rings is 2. The van der Waals surface area contributed by atoms with Gasteiger partial charge >= 0.3 is 5.04 Å². The fourth-order valence-electron chi connectivity index (χ4n) is 1.93. The molecule has 4 heteroatoms. The average molecular weight is 268 g/mol. The van der Waals surface area contributed by atoms with E-state index in [9.17, 15) is 0 Å². The molecule has 0 atom stereocenters. The molecule has 0 bridgehead atoms. The summed E-state index contributed by atoms with van der Waals surface area (Å²) in [5.41, 5.74) is 2.11. The highest BCUT2D eigenvalue weighted by atomic mass is 32.2. The van der Waals surface area contributed by atoms with Crippen LogP contribution in [0, 0.1) is 0 Å². The quantitative estimate of drug-likeness (QED) is 0.671. The summed E-state index contributed by atoms with van der Waals surface area (Å²) in [6.07, 6.45) is 0. The zero-order chi connectivity index (χ0) is 11.9. The third kappa shape index (κ3) is 1.57. The first-order valence-electron chi connectivity index (χ1n) is 5.62. The topological polar surface area (TPSA) is 27.0 Å². The van der Waals surface area contributed by atoms with Crippen LogP contribution in [0.1, 0.15) is 5.01 Å². The predicted octanol–water partition coefficient (Wildman–Crippen LogP) is 3.82. The maximum absolute atomic E-state index is 4.64. The number of nitrogens with zero attached hydrogens (tertiary/aromatic N) is 2. The Hall–Kier alpha value is -1.65. The zero-order valence-corrected chi connectivity index (χ0v) is 11.0. The van der Waals surface area contributed by atoms with Crippen molar-refractivity contribution in [2.45, 2.75) is 4.90 Å². The van der Waals surface area contributed by atoms with E-state index in [1.807, 2.05) is 36.4 Å². The van der Waals surface area contributed by atoms with Crippen LogP contribution >= 0.6 is 23.1 Å². The van der Waals surface area contributed by atoms with E-state index in [1.54, 1.807) is 23.1 Å². The standard InChI is InChI=1S/C14H8N2S2/c1-3-7-11-9(5-1)15-13(17-11)14-16-10-6-2-4-8-12(10)18-14/h1-8H/q+1. The Labute approximate surface area is 112 Å². The molecule has 2 heterocycles. The van der Waals surface area contributed by atoms with Gasteiger partial charge < -0.3 is 0 Å². The van der Waals surface area contributed by atoms with E-state index in [2.05, 4.69) is 22.1 Å². The Morgan fingerprint density at radius 3 is 2.67 bits per heavy atom. The van der Waals surface area contributed by atoms with E-state index in [-0.39, 0.29) is 0 Å². The SMILES string of the molecule is c1ccc2c(c1)[N+]=C(c1nc3ccccc3s1)S2. The van der Waals surface area contributed by atoms with Crippen molar-refractivity contribution in [3.8, 4) is 0 Å². The normalized spacial score (nSPS) is 13.7. The van der Waals surface area contributed by atoms with Crippen LogP contribution in [-0.4, -0.2) is 10.0 Å². The molecular formula is C14H8N2S2+. The van der Waals surface area contributed by atoms with Crippen LogP contribution in [-0.2, 0) is 0 Å². The fraction of sp³-hybridized carbons (Fsp3) is 0. The van der Waals surface area contributed by atoms with Crippen molar-refractivity contribution in [3.05, 3.63) is 53.5 Å². The lowest BCUT2D eigenvalue weighted by molar-refractivity contribution is 1.31. The van der Waals surface area contributed by atoms with Crippen LogP contribution in [0.4, 0.5) is 5.69 Å². The summed E-state index contributed by atoms with van der Waals surface area (Å²) in [6, 6.07) is 16.4. The van der Waals surface area contributed by atoms with Crippen molar-refractivity contribution in [1.29, 1.82) is 0 Å². The highest BCUT2D eigenvalue weighted by Gasteiger charge is 2.31. The van der Waals surface area contributed by atoms with Gasteiger partial charge in [-0.1, -0.05) is 24.3 Å². The number of hydrogen-bond donors (Lipinski definition) is 0. The van der Waals surface area contributed by atoms with Gasteiger partial charge in [0.2, 0.25) is 5.01 Å². The Morgan fingerprint density at radius 1 is 0.944 bits per heavy atom. The Morgan fingerprint density at radius 2 is 1.78 bits per heavy atom. The molecule has 1 radical (unpaired) electrons. The summed E-state index contributed by atoms with van der Waals surface area (Å²) < 4.78 is 1.21. The molecule has 4 rings (SSSR count). The number of para-hydroxylation sites is 2. The lowest BCUT2D eigenvalue weighted by Gasteiger charge is -1.85. The molecular weight excluding hydrogens is 260 g/mol. The second-order valence-corrected chi connectivity index (χ2v) is 6.03. The number of aromatic nitrogens is 1. The van der Waals surface area contributed by atoms with Crippen molar-refractivity contribution in [3.63, 3.8) is 0 Å². The van der Waals surface area contributed by atoms with E-state index >= 15 is 0 Å². The molecule has 0 fully saturated rings. The van der Waals surface area contributed by atoms with Gasteiger partial charge in [0, 0.05) is 6.07 Å². The van der Waals surface area contributed by atoms with Crippen LogP contribution in [0.3, 0.4) is 0 Å². The molecule has 0 spiro atoms. The van der Waals surface area contributed by atoms with Crippen LogP contribution in [0.5, 0.6) is 0 Å². The van der Waals surface area contributed by atoms with Crippen LogP contribution in [0.25, 0.3) is 10.2 Å². The van der Waals surface area contributed by atoms with Gasteiger partial charge in [-0.3, -0.25) is 0 Å². The lowest BCUT2D eigenvalue weighted by atomic mass is 10.3. The van der Waals surface area contributed by atoms with Gasteiger partial charge in [0.1, 0.15) is 0 Å². The minimum absolute atomic E-state index is 1.01. The maximum Gasteiger partial charge on any atom is 0.352 e. The highest BCUT2D eigenvalue weighted by Crippen LogP contribution is 2.36. The number of thiazole rings is 1. The van der Waals surface area contributed by atoms with Crippen molar-refractivity contribution >= 4 is 44.0 Å². The van der Waals surface area contributed by atoms with Gasteiger partial charge in [0.25, 0.3) is 5.69 Å². The molecule has 85 valence electrons. The summed E-state index contributed by atoms with van der Waals surface area (Å²) >= 11 is 3.40. The summed E-state index contributed by atoms with van der Waals surface area (Å²) in [4.78, 5) is 10.5. The van der Waals surface area contributed by atoms with Crippen molar-refractivity contribution in [2.24, 2.45) is 0 Å². The van der Waals surface area contributed by atoms with Crippen LogP contribution in [0.2, 0.25) is 0 Å². The summed E-state index contributed by atoms with van der Waals surface area (Å²) in [7, 11) is 0. The van der Waals surface area contributed by atoms with E-state index in [1.165, 1.54) is 9.60 Å². The molecule has 0 saturated heterocycles. The number of hydrogen-bond acceptors (Lipinski definition) is 4. The predicted molar refractivity (Wildman–Crippen MR) is 77.8 cm³/mol. The molecule has 2 nitrogen and oxygen atoms in total. The minimum Gasteiger partial charge on any atom is -0.229 e. The minimum atomic E-state index is 1.01. The van der Waals surface area contributed by atoms with Gasteiger partial charge in [-0.25, -0.2) is 4.98 Å². The van der Waals surface area contributed by atoms with Crippen molar-refractivity contribution < 1.29 is 0 Å². The van der Waals surface area contributed by atoms with Gasteiger partial charge in [0.15, 0.2) is 0 Å². The third-order valence-corrected chi connectivity index (χ3v) is 4.99. The molecule has 0 aliphatic carbocycles. The molecule has 0 saturated carbocycles. The fourth-order valence-corrected chi connectivity index (χ4v) is 3.88. The highest BCUT2D eigenvalue weighted by molar-refractivity contribution is 8.15. The first-order chi connectivity index (χ1) is 8.90. The molecule has 3 aromatic rings. The van der Waals surface area contributed by atoms with Crippen LogP contribution in [0.15, 0.2) is 53.4 Å². The van der Waals surface area contributed by atoms with Crippen LogP contribution < -0.4 is 4.99 Å². The molecule has 0 amide bonds. The van der Waals surface area contributed by atoms with Gasteiger partial charge in [-0.15, -0.1) is 11.3 Å². The van der Waals surface area contributed by atoms with Crippen molar-refractivity contribution in [1.82, 2.24) is 9.98 Å². The molecule has 2 aromatic carbocycles. The average Bonchev–Trinajstić information content (AvgIpc) is 3.02. The first kappa shape index (κ1) is 10.3. The van der Waals surface area contributed by atoms with Crippen molar-refractivity contribution in [2.75, 3.05) is 0 Å². The van der Waals surface area contributed by atoms with E-state index < -0.39 is 0 Å². The number of fused-ring (bicyclic) bond motifs is 2. The Balaban J connectivity index is 1.82. The third-order valence-electron chi connectivity index (χ3n) is 2.77. The number of thioether (sulfide) groups is 1. The summed E-state index contributed by atoms with van der Waals surface area (Å²) in [5, 5.41) is 2.02. The number of aliphatic imine (C=N–C) groups is 1. The monoisotopic (exact) mass is 268 g/mol. The maximum atomic E-state index is 4.64. The molecule has 1 aromatic heterocycles. The molecule has 18 heavy (non-hydrogen) atoms. The van der Waals surface area contributed by atoms with E-state index in [4.69, 9.17) is 0 Å². The summed E-state index contributed by atoms with van der Waals surface area (Å²) in [6.45, 7) is 0. The van der Waals surface area contributed by atoms with Gasteiger partial charge in [-0.05, 0) is 30.0 Å². The second-order valence-electron chi connectivity index (χ2n) is 3.97. The number of rotatable bonds is 1. The van der Waals surface area contributed by atoms with E-state index in [0.717, 1.165) is 21.3 Å². The lowest BCUT2D eigenvalue weighted by Crippen LogP contribution is -1.95. The molecule has 0 unspecified atom stereocenters. The zero-order valence-electron chi connectivity index (χ0n) is 9.33. The first-order valence-corrected chi connectivity index (χ1v) is 7.25. The largest absolute Gasteiger partial charge is 0.352 e. The molecule has 1 aliphatic heterocycles.